The highest BCUT2D eigenvalue weighted by molar-refractivity contribution is 14.0. The SMILES string of the molecule is CN=C(NCCc1noc(-c2ccccn2)n1)NCCC(C)c1ccc(OC)cc1.I. The summed E-state index contributed by atoms with van der Waals surface area (Å²) in [6, 6.07) is 13.8. The summed E-state index contributed by atoms with van der Waals surface area (Å²) >= 11 is 0. The van der Waals surface area contributed by atoms with E-state index in [-0.39, 0.29) is 24.0 Å². The first-order valence-electron chi connectivity index (χ1n) is 10.0. The van der Waals surface area contributed by atoms with Crippen LogP contribution in [0.3, 0.4) is 0 Å². The van der Waals surface area contributed by atoms with E-state index in [2.05, 4.69) is 49.8 Å². The Morgan fingerprint density at radius 3 is 2.58 bits per heavy atom. The molecule has 0 fully saturated rings. The number of hydrogen-bond donors (Lipinski definition) is 2. The molecule has 1 aromatic carbocycles. The number of aromatic nitrogens is 3. The third-order valence-electron chi connectivity index (χ3n) is 4.77. The zero-order valence-electron chi connectivity index (χ0n) is 18.0. The second-order valence-electron chi connectivity index (χ2n) is 6.87. The van der Waals surface area contributed by atoms with Gasteiger partial charge >= 0.3 is 0 Å². The zero-order chi connectivity index (χ0) is 21.2. The average molecular weight is 536 g/mol. The van der Waals surface area contributed by atoms with E-state index in [4.69, 9.17) is 9.26 Å². The molecule has 3 aromatic rings. The van der Waals surface area contributed by atoms with E-state index in [1.54, 1.807) is 20.4 Å². The lowest BCUT2D eigenvalue weighted by molar-refractivity contribution is 0.414. The maximum atomic E-state index is 5.28. The van der Waals surface area contributed by atoms with Gasteiger partial charge in [0.05, 0.1) is 7.11 Å². The highest BCUT2D eigenvalue weighted by Crippen LogP contribution is 2.21. The van der Waals surface area contributed by atoms with Crippen LogP contribution < -0.4 is 15.4 Å². The van der Waals surface area contributed by atoms with Crippen LogP contribution in [0.15, 0.2) is 58.2 Å². The summed E-state index contributed by atoms with van der Waals surface area (Å²) in [6.07, 6.45) is 3.32. The largest absolute Gasteiger partial charge is 0.497 e. The Morgan fingerprint density at radius 1 is 1.13 bits per heavy atom. The number of halogens is 1. The smallest absolute Gasteiger partial charge is 0.276 e. The molecule has 1 unspecified atom stereocenters. The minimum absolute atomic E-state index is 0. The van der Waals surface area contributed by atoms with Gasteiger partial charge in [0.25, 0.3) is 5.89 Å². The maximum Gasteiger partial charge on any atom is 0.276 e. The third-order valence-corrected chi connectivity index (χ3v) is 4.77. The monoisotopic (exact) mass is 536 g/mol. The molecular formula is C22H29IN6O2. The van der Waals surface area contributed by atoms with E-state index < -0.39 is 0 Å². The predicted molar refractivity (Wildman–Crippen MR) is 132 cm³/mol. The number of hydrogen-bond acceptors (Lipinski definition) is 6. The molecule has 3 rings (SSSR count). The number of methoxy groups -OCH3 is 1. The number of ether oxygens (including phenoxy) is 1. The molecule has 0 saturated heterocycles. The molecule has 0 saturated carbocycles. The van der Waals surface area contributed by atoms with Gasteiger partial charge in [-0.1, -0.05) is 30.3 Å². The van der Waals surface area contributed by atoms with Crippen molar-refractivity contribution in [1.29, 1.82) is 0 Å². The van der Waals surface area contributed by atoms with Gasteiger partial charge < -0.3 is 19.9 Å². The molecule has 1 atom stereocenters. The Hall–Kier alpha value is -2.69. The predicted octanol–water partition coefficient (Wildman–Crippen LogP) is 3.66. The van der Waals surface area contributed by atoms with E-state index in [0.29, 0.717) is 36.3 Å². The first-order valence-corrected chi connectivity index (χ1v) is 10.0. The lowest BCUT2D eigenvalue weighted by Crippen LogP contribution is -2.39. The van der Waals surface area contributed by atoms with Crippen LogP contribution in [0.2, 0.25) is 0 Å². The van der Waals surface area contributed by atoms with Crippen LogP contribution in [-0.4, -0.2) is 48.3 Å². The van der Waals surface area contributed by atoms with Gasteiger partial charge in [-0.2, -0.15) is 4.98 Å². The topological polar surface area (TPSA) is 97.5 Å². The number of rotatable bonds is 9. The van der Waals surface area contributed by atoms with Gasteiger partial charge in [0.15, 0.2) is 11.8 Å². The summed E-state index contributed by atoms with van der Waals surface area (Å²) in [7, 11) is 3.44. The molecule has 2 aromatic heterocycles. The first-order chi connectivity index (χ1) is 14.7. The van der Waals surface area contributed by atoms with E-state index >= 15 is 0 Å². The van der Waals surface area contributed by atoms with Gasteiger partial charge in [0, 0.05) is 32.8 Å². The quantitative estimate of drug-likeness (QED) is 0.245. The molecule has 0 aliphatic carbocycles. The van der Waals surface area contributed by atoms with Crippen molar-refractivity contribution in [3.05, 3.63) is 60.0 Å². The van der Waals surface area contributed by atoms with Gasteiger partial charge in [-0.05, 0) is 42.2 Å². The van der Waals surface area contributed by atoms with E-state index in [9.17, 15) is 0 Å². The molecule has 0 radical (unpaired) electrons. The fourth-order valence-electron chi connectivity index (χ4n) is 2.97. The Kier molecular flexibility index (Phi) is 10.2. The van der Waals surface area contributed by atoms with Crippen molar-refractivity contribution in [2.45, 2.75) is 25.7 Å². The van der Waals surface area contributed by atoms with Crippen molar-refractivity contribution in [2.75, 3.05) is 27.2 Å². The molecular weight excluding hydrogens is 507 g/mol. The summed E-state index contributed by atoms with van der Waals surface area (Å²) in [5, 5.41) is 10.6. The fourth-order valence-corrected chi connectivity index (χ4v) is 2.97. The minimum atomic E-state index is 0. The molecule has 31 heavy (non-hydrogen) atoms. The Balaban J connectivity index is 0.00000341. The highest BCUT2D eigenvalue weighted by Gasteiger charge is 2.10. The molecule has 0 amide bonds. The van der Waals surface area contributed by atoms with Crippen LogP contribution in [-0.2, 0) is 6.42 Å². The molecule has 9 heteroatoms. The molecule has 8 nitrogen and oxygen atoms in total. The number of nitrogens with one attached hydrogen (secondary N) is 2. The standard InChI is InChI=1S/C22H28N6O2.HI/c1-16(17-7-9-18(29-3)10-8-17)11-14-25-22(23-2)26-15-12-20-27-21(30-28-20)19-6-4-5-13-24-19;/h4-10,13,16H,11-12,14-15H2,1-3H3,(H2,23,25,26);1H. The van der Waals surface area contributed by atoms with Gasteiger partial charge in [-0.25, -0.2) is 0 Å². The summed E-state index contributed by atoms with van der Waals surface area (Å²) in [5.74, 6) is 3.13. The number of nitrogens with zero attached hydrogens (tertiary/aromatic N) is 4. The van der Waals surface area contributed by atoms with Crippen molar-refractivity contribution in [2.24, 2.45) is 4.99 Å². The van der Waals surface area contributed by atoms with Crippen molar-refractivity contribution >= 4 is 29.9 Å². The van der Waals surface area contributed by atoms with Crippen LogP contribution in [0.1, 0.15) is 30.7 Å². The van der Waals surface area contributed by atoms with Gasteiger partial charge in [-0.3, -0.25) is 9.98 Å². The number of pyridine rings is 1. The van der Waals surface area contributed by atoms with Crippen molar-refractivity contribution in [1.82, 2.24) is 25.8 Å². The Bertz CT molecular complexity index is 931. The van der Waals surface area contributed by atoms with Crippen LogP contribution in [0, 0.1) is 0 Å². The molecule has 2 N–H and O–H groups in total. The maximum absolute atomic E-state index is 5.28. The summed E-state index contributed by atoms with van der Waals surface area (Å²) in [4.78, 5) is 12.9. The molecule has 0 aliphatic heterocycles. The number of guanidine groups is 1. The van der Waals surface area contributed by atoms with Crippen molar-refractivity contribution < 1.29 is 9.26 Å². The van der Waals surface area contributed by atoms with Crippen molar-refractivity contribution in [3.8, 4) is 17.3 Å². The normalized spacial score (nSPS) is 12.0. The third kappa shape index (κ3) is 7.50. The van der Waals surface area contributed by atoms with E-state index in [1.165, 1.54) is 5.56 Å². The lowest BCUT2D eigenvalue weighted by atomic mass is 9.98. The second kappa shape index (κ2) is 12.9. The summed E-state index contributed by atoms with van der Waals surface area (Å²) in [5.41, 5.74) is 1.97. The number of aliphatic imine (C=N–C) groups is 1. The molecule has 0 spiro atoms. The van der Waals surface area contributed by atoms with Gasteiger partial charge in [0.1, 0.15) is 11.4 Å². The Labute approximate surface area is 199 Å². The zero-order valence-corrected chi connectivity index (χ0v) is 20.4. The fraction of sp³-hybridized carbons (Fsp3) is 0.364. The van der Waals surface area contributed by atoms with Crippen LogP contribution in [0.25, 0.3) is 11.6 Å². The van der Waals surface area contributed by atoms with E-state index in [1.807, 2.05) is 30.3 Å². The van der Waals surface area contributed by atoms with Crippen molar-refractivity contribution in [3.63, 3.8) is 0 Å². The summed E-state index contributed by atoms with van der Waals surface area (Å²) in [6.45, 7) is 3.68. The van der Waals surface area contributed by atoms with Gasteiger partial charge in [-0.15, -0.1) is 24.0 Å². The first kappa shape index (κ1) is 24.6. The van der Waals surface area contributed by atoms with E-state index in [0.717, 1.165) is 24.7 Å². The average Bonchev–Trinajstić information content (AvgIpc) is 3.27. The van der Waals surface area contributed by atoms with Crippen LogP contribution >= 0.6 is 24.0 Å². The minimum Gasteiger partial charge on any atom is -0.497 e. The molecule has 2 heterocycles. The molecule has 166 valence electrons. The van der Waals surface area contributed by atoms with Crippen LogP contribution in [0.4, 0.5) is 0 Å². The molecule has 0 aliphatic rings. The highest BCUT2D eigenvalue weighted by atomic mass is 127. The Morgan fingerprint density at radius 2 is 1.90 bits per heavy atom. The summed E-state index contributed by atoms with van der Waals surface area (Å²) < 4.78 is 10.5. The number of benzene rings is 1. The van der Waals surface area contributed by atoms with Crippen LogP contribution in [0.5, 0.6) is 5.75 Å². The molecule has 0 bridgehead atoms. The second-order valence-corrected chi connectivity index (χ2v) is 6.87. The van der Waals surface area contributed by atoms with Gasteiger partial charge in [0.2, 0.25) is 0 Å². The lowest BCUT2D eigenvalue weighted by Gasteiger charge is -2.15.